The zero-order chi connectivity index (χ0) is 16.3. The molecule has 0 unspecified atom stereocenters. The van der Waals surface area contributed by atoms with Gasteiger partial charge in [0.25, 0.3) is 0 Å². The Bertz CT molecular complexity index is 713. The van der Waals surface area contributed by atoms with Crippen LogP contribution in [-0.2, 0) is 6.42 Å². The quantitative estimate of drug-likeness (QED) is 0.770. The van der Waals surface area contributed by atoms with Crippen molar-refractivity contribution >= 4 is 17.4 Å². The number of carbonyl (C=O) groups excluding carboxylic acids is 1. The number of methoxy groups -OCH3 is 2. The van der Waals surface area contributed by atoms with Crippen LogP contribution in [0, 0.1) is 5.82 Å². The molecule has 0 N–H and O–H groups in total. The first kappa shape index (κ1) is 16.3. The van der Waals surface area contributed by atoms with Gasteiger partial charge in [-0.1, -0.05) is 23.7 Å². The molecule has 0 saturated carbocycles. The molecular formula is C17H16ClFO3. The Morgan fingerprint density at radius 2 is 1.82 bits per heavy atom. The van der Waals surface area contributed by atoms with Crippen LogP contribution in [0.2, 0.25) is 5.02 Å². The minimum atomic E-state index is -0.466. The van der Waals surface area contributed by atoms with E-state index < -0.39 is 5.82 Å². The fourth-order valence-electron chi connectivity index (χ4n) is 2.27. The SMILES string of the molecule is COc1cc(OC)c(C(C)=O)cc1Cc1cccc(Cl)c1F. The fraction of sp³-hybridized carbons (Fsp3) is 0.235. The van der Waals surface area contributed by atoms with Crippen molar-refractivity contribution in [2.45, 2.75) is 13.3 Å². The van der Waals surface area contributed by atoms with Gasteiger partial charge in [0.15, 0.2) is 5.78 Å². The molecule has 5 heteroatoms. The molecule has 2 aromatic rings. The predicted octanol–water partition coefficient (Wildman–Crippen LogP) is 4.29. The van der Waals surface area contributed by atoms with E-state index in [1.807, 2.05) is 0 Å². The Kier molecular flexibility index (Phi) is 5.03. The number of benzene rings is 2. The van der Waals surface area contributed by atoms with Crippen LogP contribution in [0.15, 0.2) is 30.3 Å². The molecule has 0 atom stereocenters. The Balaban J connectivity index is 2.52. The van der Waals surface area contributed by atoms with Gasteiger partial charge in [-0.2, -0.15) is 0 Å². The van der Waals surface area contributed by atoms with Crippen molar-refractivity contribution in [3.05, 3.63) is 57.9 Å². The predicted molar refractivity (Wildman–Crippen MR) is 83.8 cm³/mol. The molecular weight excluding hydrogens is 307 g/mol. The molecule has 22 heavy (non-hydrogen) atoms. The molecule has 0 spiro atoms. The molecule has 2 rings (SSSR count). The maximum absolute atomic E-state index is 14.1. The minimum Gasteiger partial charge on any atom is -0.496 e. The van der Waals surface area contributed by atoms with Gasteiger partial charge in [0, 0.05) is 12.5 Å². The molecule has 0 aliphatic heterocycles. The lowest BCUT2D eigenvalue weighted by Crippen LogP contribution is -2.03. The van der Waals surface area contributed by atoms with Crippen LogP contribution in [0.1, 0.15) is 28.4 Å². The van der Waals surface area contributed by atoms with E-state index in [4.69, 9.17) is 21.1 Å². The third-order valence-corrected chi connectivity index (χ3v) is 3.69. The van der Waals surface area contributed by atoms with E-state index in [1.165, 1.54) is 27.2 Å². The second kappa shape index (κ2) is 6.79. The van der Waals surface area contributed by atoms with Crippen LogP contribution in [0.5, 0.6) is 11.5 Å². The molecule has 0 saturated heterocycles. The number of hydrogen-bond donors (Lipinski definition) is 0. The normalized spacial score (nSPS) is 10.4. The van der Waals surface area contributed by atoms with E-state index in [-0.39, 0.29) is 17.2 Å². The molecule has 0 heterocycles. The second-order valence-electron chi connectivity index (χ2n) is 4.81. The highest BCUT2D eigenvalue weighted by Gasteiger charge is 2.16. The third-order valence-electron chi connectivity index (χ3n) is 3.39. The van der Waals surface area contributed by atoms with E-state index in [0.29, 0.717) is 28.2 Å². The van der Waals surface area contributed by atoms with Gasteiger partial charge in [-0.25, -0.2) is 4.39 Å². The van der Waals surface area contributed by atoms with Gasteiger partial charge in [-0.05, 0) is 30.2 Å². The summed E-state index contributed by atoms with van der Waals surface area (Å²) in [5.41, 5.74) is 1.56. The van der Waals surface area contributed by atoms with Crippen LogP contribution in [0.25, 0.3) is 0 Å². The molecule has 0 bridgehead atoms. The van der Waals surface area contributed by atoms with Crippen molar-refractivity contribution in [2.24, 2.45) is 0 Å². The highest BCUT2D eigenvalue weighted by molar-refractivity contribution is 6.30. The largest absolute Gasteiger partial charge is 0.496 e. The van der Waals surface area contributed by atoms with Gasteiger partial charge in [0.05, 0.1) is 24.8 Å². The van der Waals surface area contributed by atoms with Crippen molar-refractivity contribution < 1.29 is 18.7 Å². The summed E-state index contributed by atoms with van der Waals surface area (Å²) in [6.45, 7) is 1.45. The van der Waals surface area contributed by atoms with E-state index in [2.05, 4.69) is 0 Å². The number of halogens is 2. The fourth-order valence-corrected chi connectivity index (χ4v) is 2.46. The maximum atomic E-state index is 14.1. The summed E-state index contributed by atoms with van der Waals surface area (Å²) >= 11 is 5.80. The van der Waals surface area contributed by atoms with Crippen LogP contribution in [0.3, 0.4) is 0 Å². The van der Waals surface area contributed by atoms with Crippen molar-refractivity contribution in [1.29, 1.82) is 0 Å². The Morgan fingerprint density at radius 1 is 1.14 bits per heavy atom. The molecule has 3 nitrogen and oxygen atoms in total. The zero-order valence-electron chi connectivity index (χ0n) is 12.6. The number of hydrogen-bond acceptors (Lipinski definition) is 3. The molecule has 0 amide bonds. The average molecular weight is 323 g/mol. The zero-order valence-corrected chi connectivity index (χ0v) is 13.3. The molecule has 0 aromatic heterocycles. The summed E-state index contributed by atoms with van der Waals surface area (Å²) in [7, 11) is 3.00. The highest BCUT2D eigenvalue weighted by Crippen LogP contribution is 2.32. The van der Waals surface area contributed by atoms with Crippen LogP contribution in [0.4, 0.5) is 4.39 Å². The van der Waals surface area contributed by atoms with E-state index >= 15 is 0 Å². The summed E-state index contributed by atoms with van der Waals surface area (Å²) in [5.74, 6) is 0.361. The summed E-state index contributed by atoms with van der Waals surface area (Å²) in [6, 6.07) is 8.13. The lowest BCUT2D eigenvalue weighted by atomic mass is 9.99. The van der Waals surface area contributed by atoms with Gasteiger partial charge >= 0.3 is 0 Å². The molecule has 0 aliphatic carbocycles. The van der Waals surface area contributed by atoms with Crippen LogP contribution in [-0.4, -0.2) is 20.0 Å². The lowest BCUT2D eigenvalue weighted by molar-refractivity contribution is 0.101. The first-order valence-corrected chi connectivity index (χ1v) is 7.04. The summed E-state index contributed by atoms with van der Waals surface area (Å²) < 4.78 is 24.6. The highest BCUT2D eigenvalue weighted by atomic mass is 35.5. The minimum absolute atomic E-state index is 0.0665. The number of carbonyl (C=O) groups is 1. The first-order chi connectivity index (χ1) is 10.5. The second-order valence-corrected chi connectivity index (χ2v) is 5.22. The summed E-state index contributed by atoms with van der Waals surface area (Å²) in [4.78, 5) is 11.7. The summed E-state index contributed by atoms with van der Waals surface area (Å²) in [6.07, 6.45) is 0.264. The number of Topliss-reactive ketones (excluding diaryl/α,β-unsaturated/α-hetero) is 1. The van der Waals surface area contributed by atoms with Gasteiger partial charge in [-0.3, -0.25) is 4.79 Å². The van der Waals surface area contributed by atoms with E-state index in [1.54, 1.807) is 24.3 Å². The van der Waals surface area contributed by atoms with Crippen molar-refractivity contribution in [3.63, 3.8) is 0 Å². The number of ketones is 1. The maximum Gasteiger partial charge on any atom is 0.163 e. The molecule has 2 aromatic carbocycles. The van der Waals surface area contributed by atoms with Crippen LogP contribution < -0.4 is 9.47 Å². The third kappa shape index (κ3) is 3.22. The molecule has 0 radical (unpaired) electrons. The average Bonchev–Trinajstić information content (AvgIpc) is 2.51. The van der Waals surface area contributed by atoms with E-state index in [0.717, 1.165) is 0 Å². The molecule has 116 valence electrons. The van der Waals surface area contributed by atoms with E-state index in [9.17, 15) is 9.18 Å². The lowest BCUT2D eigenvalue weighted by Gasteiger charge is -2.14. The standard InChI is InChI=1S/C17H16ClFO3/c1-10(20)13-8-12(15(21-2)9-16(13)22-3)7-11-5-4-6-14(18)17(11)19/h4-6,8-9H,7H2,1-3H3. The van der Waals surface area contributed by atoms with Gasteiger partial charge in [-0.15, -0.1) is 0 Å². The van der Waals surface area contributed by atoms with Gasteiger partial charge < -0.3 is 9.47 Å². The van der Waals surface area contributed by atoms with Crippen molar-refractivity contribution in [3.8, 4) is 11.5 Å². The Hall–Kier alpha value is -2.07. The number of rotatable bonds is 5. The monoisotopic (exact) mass is 322 g/mol. The Labute approximate surface area is 133 Å². The smallest absolute Gasteiger partial charge is 0.163 e. The van der Waals surface area contributed by atoms with Gasteiger partial charge in [0.1, 0.15) is 17.3 Å². The topological polar surface area (TPSA) is 35.5 Å². The van der Waals surface area contributed by atoms with Crippen LogP contribution >= 0.6 is 11.6 Å². The van der Waals surface area contributed by atoms with Gasteiger partial charge in [0.2, 0.25) is 0 Å². The molecule has 0 aliphatic rings. The molecule has 0 fully saturated rings. The Morgan fingerprint density at radius 3 is 2.41 bits per heavy atom. The number of ether oxygens (including phenoxy) is 2. The van der Waals surface area contributed by atoms with Crippen molar-refractivity contribution in [2.75, 3.05) is 14.2 Å². The first-order valence-electron chi connectivity index (χ1n) is 6.66. The summed E-state index contributed by atoms with van der Waals surface area (Å²) in [5, 5.41) is 0.0665. The van der Waals surface area contributed by atoms with Crippen molar-refractivity contribution in [1.82, 2.24) is 0 Å².